The van der Waals surface area contributed by atoms with Crippen molar-refractivity contribution in [2.75, 3.05) is 25.0 Å². The first-order chi connectivity index (χ1) is 21.9. The molecular weight excluding hydrogens is 602 g/mol. The lowest BCUT2D eigenvalue weighted by atomic mass is 10.1. The molecule has 0 aliphatic carbocycles. The molecule has 0 aliphatic heterocycles. The second-order valence-corrected chi connectivity index (χ2v) is 9.79. The number of hydrogen-bond acceptors (Lipinski definition) is 9. The maximum atomic E-state index is 13.0. The van der Waals surface area contributed by atoms with Crippen molar-refractivity contribution in [3.05, 3.63) is 70.3 Å². The van der Waals surface area contributed by atoms with Gasteiger partial charge in [0, 0.05) is 30.9 Å². The molecule has 2 rings (SSSR count). The van der Waals surface area contributed by atoms with Gasteiger partial charge in [0.25, 0.3) is 5.69 Å². The van der Waals surface area contributed by atoms with E-state index in [0.29, 0.717) is 12.8 Å². The van der Waals surface area contributed by atoms with Gasteiger partial charge in [-0.25, -0.2) is 4.79 Å². The third kappa shape index (κ3) is 14.5. The summed E-state index contributed by atoms with van der Waals surface area (Å²) in [4.78, 5) is 69.3. The molecule has 12 N–H and O–H groups in total. The molecule has 0 saturated heterocycles. The van der Waals surface area contributed by atoms with E-state index >= 15 is 0 Å². The van der Waals surface area contributed by atoms with Crippen LogP contribution in [0.4, 0.5) is 16.2 Å². The van der Waals surface area contributed by atoms with E-state index in [1.165, 1.54) is 24.3 Å². The highest BCUT2D eigenvalue weighted by atomic mass is 16.6. The molecule has 248 valence electrons. The molecule has 1 unspecified atom stereocenters. The first-order valence-corrected chi connectivity index (χ1v) is 14.1. The standard InChI is InChI=1S/C28H39N11O7/c29-26(30)33-14-4-8-21(38-28(43)46-17-18-6-2-1-3-7-18)24(41)35-16-23(40)37-22(9-5-15-34-27(31)32)25(42)36-19-10-12-20(13-11-19)39(44)45/h1-3,6-7,10-13,21-22H,4-5,8-9,14-17H2,(H,35,41)(H,36,42)(H,37,40)(H,38,43)(H4,29,30,33)(H4,31,32,34)/t21-,22?/m0/s1. The van der Waals surface area contributed by atoms with Gasteiger partial charge < -0.3 is 48.9 Å². The molecule has 0 aliphatic rings. The van der Waals surface area contributed by atoms with Gasteiger partial charge in [-0.2, -0.15) is 0 Å². The number of amides is 4. The molecule has 0 bridgehead atoms. The lowest BCUT2D eigenvalue weighted by Gasteiger charge is -2.20. The van der Waals surface area contributed by atoms with E-state index in [4.69, 9.17) is 27.7 Å². The Morgan fingerprint density at radius 2 is 1.37 bits per heavy atom. The van der Waals surface area contributed by atoms with Crippen LogP contribution in [0.2, 0.25) is 0 Å². The van der Waals surface area contributed by atoms with E-state index in [9.17, 15) is 29.3 Å². The molecule has 0 saturated carbocycles. The summed E-state index contributed by atoms with van der Waals surface area (Å²) in [5.74, 6) is -2.26. The Morgan fingerprint density at radius 3 is 1.91 bits per heavy atom. The van der Waals surface area contributed by atoms with Crippen molar-refractivity contribution in [3.8, 4) is 0 Å². The number of ether oxygens (including phenoxy) is 1. The fraction of sp³-hybridized carbons (Fsp3) is 0.357. The highest BCUT2D eigenvalue weighted by Crippen LogP contribution is 2.16. The summed E-state index contributed by atoms with van der Waals surface area (Å²) in [6.07, 6.45) is 0.0317. The number of anilines is 1. The summed E-state index contributed by atoms with van der Waals surface area (Å²) < 4.78 is 5.21. The number of benzene rings is 2. The second kappa shape index (κ2) is 19.4. The molecule has 46 heavy (non-hydrogen) atoms. The molecule has 0 radical (unpaired) electrons. The zero-order chi connectivity index (χ0) is 33.9. The monoisotopic (exact) mass is 641 g/mol. The Morgan fingerprint density at radius 1 is 0.804 bits per heavy atom. The van der Waals surface area contributed by atoms with Gasteiger partial charge in [0.2, 0.25) is 17.7 Å². The van der Waals surface area contributed by atoms with Crippen molar-refractivity contribution < 1.29 is 28.8 Å². The van der Waals surface area contributed by atoms with Crippen molar-refractivity contribution >= 4 is 47.1 Å². The van der Waals surface area contributed by atoms with Crippen LogP contribution in [0.3, 0.4) is 0 Å². The molecule has 2 aromatic rings. The molecule has 4 amide bonds. The quantitative estimate of drug-likeness (QED) is 0.0338. The Hall–Kier alpha value is -5.94. The van der Waals surface area contributed by atoms with Crippen molar-refractivity contribution in [2.24, 2.45) is 32.9 Å². The fourth-order valence-corrected chi connectivity index (χ4v) is 3.88. The summed E-state index contributed by atoms with van der Waals surface area (Å²) in [6, 6.07) is 11.9. The zero-order valence-electron chi connectivity index (χ0n) is 25.0. The highest BCUT2D eigenvalue weighted by Gasteiger charge is 2.24. The van der Waals surface area contributed by atoms with Crippen LogP contribution >= 0.6 is 0 Å². The molecule has 18 nitrogen and oxygen atoms in total. The Bertz CT molecular complexity index is 1380. The van der Waals surface area contributed by atoms with Crippen molar-refractivity contribution in [3.63, 3.8) is 0 Å². The third-order valence-electron chi connectivity index (χ3n) is 6.13. The number of nitrogens with zero attached hydrogens (tertiary/aromatic N) is 3. The molecule has 0 heterocycles. The lowest BCUT2D eigenvalue weighted by molar-refractivity contribution is -0.384. The SMILES string of the molecule is NC(N)=NCCCC(NC(=O)CNC(=O)[C@H](CCCN=C(N)N)NC(=O)OCc1ccccc1)C(=O)Nc1ccc([N+](=O)[O-])cc1. The number of nitrogens with one attached hydrogen (secondary N) is 4. The Labute approximate surface area is 264 Å². The average Bonchev–Trinajstić information content (AvgIpc) is 3.02. The number of carbonyl (C=O) groups excluding carboxylic acids is 4. The molecule has 0 fully saturated rings. The summed E-state index contributed by atoms with van der Waals surface area (Å²) in [7, 11) is 0. The summed E-state index contributed by atoms with van der Waals surface area (Å²) >= 11 is 0. The van der Waals surface area contributed by atoms with Crippen LogP contribution in [0.1, 0.15) is 31.2 Å². The van der Waals surface area contributed by atoms with Gasteiger partial charge in [0.15, 0.2) is 11.9 Å². The van der Waals surface area contributed by atoms with Gasteiger partial charge in [-0.15, -0.1) is 0 Å². The van der Waals surface area contributed by atoms with Crippen molar-refractivity contribution in [2.45, 2.75) is 44.4 Å². The lowest BCUT2D eigenvalue weighted by Crippen LogP contribution is -2.51. The minimum absolute atomic E-state index is 0.0239. The summed E-state index contributed by atoms with van der Waals surface area (Å²) in [6.45, 7) is -0.175. The minimum Gasteiger partial charge on any atom is -0.445 e. The van der Waals surface area contributed by atoms with Gasteiger partial charge in [-0.05, 0) is 43.4 Å². The number of alkyl carbamates (subject to hydrolysis) is 1. The number of carbonyl (C=O) groups is 4. The Kier molecular flexibility index (Phi) is 15.3. The van der Waals surface area contributed by atoms with Gasteiger partial charge in [-0.3, -0.25) is 34.5 Å². The number of guanidine groups is 2. The van der Waals surface area contributed by atoms with Crippen LogP contribution in [-0.4, -0.2) is 72.4 Å². The average molecular weight is 642 g/mol. The first-order valence-electron chi connectivity index (χ1n) is 14.1. The maximum Gasteiger partial charge on any atom is 0.408 e. The number of hydrogen-bond donors (Lipinski definition) is 8. The number of rotatable bonds is 18. The third-order valence-corrected chi connectivity index (χ3v) is 6.13. The van der Waals surface area contributed by atoms with Crippen molar-refractivity contribution in [1.82, 2.24) is 16.0 Å². The number of non-ortho nitro benzene ring substituents is 1. The Balaban J connectivity index is 2.01. The van der Waals surface area contributed by atoms with E-state index in [2.05, 4.69) is 31.3 Å². The van der Waals surface area contributed by atoms with E-state index in [1.807, 2.05) is 6.07 Å². The van der Waals surface area contributed by atoms with E-state index in [-0.39, 0.29) is 55.8 Å². The largest absolute Gasteiger partial charge is 0.445 e. The second-order valence-electron chi connectivity index (χ2n) is 9.79. The zero-order valence-corrected chi connectivity index (χ0v) is 25.0. The molecule has 18 heteroatoms. The minimum atomic E-state index is -1.09. The van der Waals surface area contributed by atoms with Gasteiger partial charge in [0.1, 0.15) is 18.7 Å². The predicted molar refractivity (Wildman–Crippen MR) is 170 cm³/mol. The first kappa shape index (κ1) is 36.3. The van der Waals surface area contributed by atoms with E-state index in [1.54, 1.807) is 24.3 Å². The van der Waals surface area contributed by atoms with E-state index < -0.39 is 47.4 Å². The normalized spacial score (nSPS) is 11.6. The molecule has 0 spiro atoms. The van der Waals surface area contributed by atoms with Crippen LogP contribution in [0, 0.1) is 10.1 Å². The van der Waals surface area contributed by atoms with Crippen LogP contribution < -0.4 is 44.2 Å². The van der Waals surface area contributed by atoms with E-state index in [0.717, 1.165) is 5.56 Å². The van der Waals surface area contributed by atoms with Crippen molar-refractivity contribution in [1.29, 1.82) is 0 Å². The predicted octanol–water partition coefficient (Wildman–Crippen LogP) is -0.463. The fourth-order valence-electron chi connectivity index (χ4n) is 3.88. The van der Waals surface area contributed by atoms with Gasteiger partial charge >= 0.3 is 6.09 Å². The smallest absolute Gasteiger partial charge is 0.408 e. The highest BCUT2D eigenvalue weighted by molar-refractivity contribution is 5.98. The van der Waals surface area contributed by atoms with Gasteiger partial charge in [-0.1, -0.05) is 30.3 Å². The topological polar surface area (TPSA) is 298 Å². The van der Waals surface area contributed by atoms with Crippen LogP contribution in [0.25, 0.3) is 0 Å². The molecule has 2 aromatic carbocycles. The maximum absolute atomic E-state index is 13.0. The number of aliphatic imine (C=N–C) groups is 2. The molecular formula is C28H39N11O7. The molecule has 0 aromatic heterocycles. The molecule has 2 atom stereocenters. The number of nitro groups is 1. The van der Waals surface area contributed by atoms with Crippen LogP contribution in [0.15, 0.2) is 64.6 Å². The summed E-state index contributed by atoms with van der Waals surface area (Å²) in [5.41, 5.74) is 22.2. The van der Waals surface area contributed by atoms with Crippen LogP contribution in [0.5, 0.6) is 0 Å². The number of nitrogens with two attached hydrogens (primary N) is 4. The number of nitro benzene ring substituents is 1. The summed E-state index contributed by atoms with van der Waals surface area (Å²) in [5, 5.41) is 21.0. The van der Waals surface area contributed by atoms with Crippen LogP contribution in [-0.2, 0) is 25.7 Å². The van der Waals surface area contributed by atoms with Gasteiger partial charge in [0.05, 0.1) is 11.5 Å².